The minimum atomic E-state index is -5.92. The van der Waals surface area contributed by atoms with E-state index in [1.54, 1.807) is 6.07 Å². The van der Waals surface area contributed by atoms with E-state index in [1.165, 1.54) is 31.2 Å². The van der Waals surface area contributed by atoms with Gasteiger partial charge < -0.3 is 8.92 Å². The molecule has 124 valence electrons. The summed E-state index contributed by atoms with van der Waals surface area (Å²) < 4.78 is 69.3. The molecule has 0 atom stereocenters. The van der Waals surface area contributed by atoms with Gasteiger partial charge in [0.25, 0.3) is 0 Å². The quantitative estimate of drug-likeness (QED) is 0.482. The predicted octanol–water partition coefficient (Wildman–Crippen LogP) is 3.24. The largest absolute Gasteiger partial charge is 0.534 e. The second kappa shape index (κ2) is 6.07. The van der Waals surface area contributed by atoms with Gasteiger partial charge in [-0.3, -0.25) is 0 Å². The molecule has 0 unspecified atom stereocenters. The summed E-state index contributed by atoms with van der Waals surface area (Å²) in [6, 6.07) is 8.57. The number of carbonyl (C=O) groups is 1. The minimum Gasteiger partial charge on any atom is -0.462 e. The molecule has 0 aromatic heterocycles. The minimum absolute atomic E-state index is 0.0306. The molecular weight excluding hydrogens is 337 g/mol. The van der Waals surface area contributed by atoms with Crippen molar-refractivity contribution in [2.24, 2.45) is 0 Å². The second-order valence-corrected chi connectivity index (χ2v) is 5.90. The summed E-state index contributed by atoms with van der Waals surface area (Å²) in [7, 11) is -5.92. The molecule has 0 spiro atoms. The summed E-state index contributed by atoms with van der Waals surface area (Å²) >= 11 is 0. The van der Waals surface area contributed by atoms with Gasteiger partial charge in [-0.15, -0.1) is 0 Å². The lowest BCUT2D eigenvalue weighted by molar-refractivity contribution is -0.0500. The Labute approximate surface area is 129 Å². The van der Waals surface area contributed by atoms with Crippen molar-refractivity contribution in [2.45, 2.75) is 12.4 Å². The lowest BCUT2D eigenvalue weighted by atomic mass is 10.1. The van der Waals surface area contributed by atoms with Gasteiger partial charge in [-0.25, -0.2) is 4.79 Å². The Morgan fingerprint density at radius 2 is 1.78 bits per heavy atom. The molecule has 0 aliphatic rings. The second-order valence-electron chi connectivity index (χ2n) is 4.37. The molecule has 2 aromatic rings. The fourth-order valence-electron chi connectivity index (χ4n) is 1.86. The summed E-state index contributed by atoms with van der Waals surface area (Å²) in [4.78, 5) is 11.9. The van der Waals surface area contributed by atoms with E-state index >= 15 is 0 Å². The molecule has 0 saturated heterocycles. The highest BCUT2D eigenvalue weighted by Crippen LogP contribution is 2.35. The fourth-order valence-corrected chi connectivity index (χ4v) is 2.35. The maximum absolute atomic E-state index is 12.6. The number of alkyl halides is 3. The summed E-state index contributed by atoms with van der Waals surface area (Å²) in [5, 5.41) is 0.457. The average Bonchev–Trinajstić information content (AvgIpc) is 2.46. The molecule has 2 aromatic carbocycles. The van der Waals surface area contributed by atoms with Gasteiger partial charge in [-0.2, -0.15) is 21.6 Å². The first-order chi connectivity index (χ1) is 10.7. The fraction of sp³-hybridized carbons (Fsp3) is 0.214. The topological polar surface area (TPSA) is 69.7 Å². The number of hydrogen-bond donors (Lipinski definition) is 0. The third-order valence-electron chi connectivity index (χ3n) is 2.85. The summed E-state index contributed by atoms with van der Waals surface area (Å²) in [5.41, 5.74) is -6.02. The first-order valence-electron chi connectivity index (χ1n) is 6.37. The average molecular weight is 348 g/mol. The van der Waals surface area contributed by atoms with Gasteiger partial charge >= 0.3 is 21.6 Å². The van der Waals surface area contributed by atoms with E-state index in [0.717, 1.165) is 6.07 Å². The van der Waals surface area contributed by atoms with Crippen molar-refractivity contribution in [3.05, 3.63) is 42.0 Å². The lowest BCUT2D eigenvalue weighted by Gasteiger charge is -2.14. The molecule has 2 rings (SSSR count). The Balaban J connectivity index is 2.67. The Bertz CT molecular complexity index is 843. The molecule has 0 fully saturated rings. The van der Waals surface area contributed by atoms with Gasteiger partial charge in [0.2, 0.25) is 0 Å². The zero-order chi connectivity index (χ0) is 17.3. The van der Waals surface area contributed by atoms with Crippen molar-refractivity contribution >= 4 is 26.9 Å². The van der Waals surface area contributed by atoms with Gasteiger partial charge in [0.05, 0.1) is 6.61 Å². The molecule has 9 heteroatoms. The molecule has 5 nitrogen and oxygen atoms in total. The Morgan fingerprint density at radius 3 is 2.39 bits per heavy atom. The smallest absolute Gasteiger partial charge is 0.462 e. The maximum atomic E-state index is 12.6. The van der Waals surface area contributed by atoms with Crippen molar-refractivity contribution in [2.75, 3.05) is 6.61 Å². The van der Waals surface area contributed by atoms with Gasteiger partial charge in [-0.1, -0.05) is 30.3 Å². The van der Waals surface area contributed by atoms with Crippen LogP contribution in [-0.4, -0.2) is 26.5 Å². The number of benzene rings is 2. The highest BCUT2D eigenvalue weighted by atomic mass is 32.2. The van der Waals surface area contributed by atoms with E-state index in [1.807, 2.05) is 0 Å². The molecule has 0 radical (unpaired) electrons. The molecule has 0 N–H and O–H groups in total. The molecular formula is C14H11F3O5S. The van der Waals surface area contributed by atoms with Crippen molar-refractivity contribution in [1.82, 2.24) is 0 Å². The van der Waals surface area contributed by atoms with Crippen LogP contribution in [0.4, 0.5) is 13.2 Å². The normalized spacial score (nSPS) is 12.2. The summed E-state index contributed by atoms with van der Waals surface area (Å²) in [6.45, 7) is 1.48. The predicted molar refractivity (Wildman–Crippen MR) is 75.5 cm³/mol. The molecule has 0 bridgehead atoms. The van der Waals surface area contributed by atoms with Gasteiger partial charge in [0.1, 0.15) is 5.56 Å². The van der Waals surface area contributed by atoms with Crippen LogP contribution >= 0.6 is 0 Å². The number of hydrogen-bond acceptors (Lipinski definition) is 5. The highest BCUT2D eigenvalue weighted by Gasteiger charge is 2.49. The number of ether oxygens (including phenoxy) is 1. The first kappa shape index (κ1) is 17.1. The van der Waals surface area contributed by atoms with Crippen molar-refractivity contribution in [3.8, 4) is 5.75 Å². The van der Waals surface area contributed by atoms with Crippen LogP contribution in [0.15, 0.2) is 36.4 Å². The maximum Gasteiger partial charge on any atom is 0.534 e. The van der Waals surface area contributed by atoms with Gasteiger partial charge in [-0.05, 0) is 18.4 Å². The van der Waals surface area contributed by atoms with E-state index < -0.39 is 32.9 Å². The number of rotatable bonds is 4. The molecule has 0 heterocycles. The monoisotopic (exact) mass is 348 g/mol. The summed E-state index contributed by atoms with van der Waals surface area (Å²) in [6.07, 6.45) is 0. The number of halogens is 3. The van der Waals surface area contributed by atoms with Crippen LogP contribution in [0.5, 0.6) is 5.75 Å². The van der Waals surface area contributed by atoms with E-state index in [-0.39, 0.29) is 12.0 Å². The molecule has 0 saturated carbocycles. The van der Waals surface area contributed by atoms with Crippen molar-refractivity contribution in [1.29, 1.82) is 0 Å². The van der Waals surface area contributed by atoms with Crippen molar-refractivity contribution < 1.29 is 35.3 Å². The molecule has 23 heavy (non-hydrogen) atoms. The zero-order valence-corrected chi connectivity index (χ0v) is 12.6. The molecule has 0 amide bonds. The number of carbonyl (C=O) groups excluding carboxylic acids is 1. The first-order valence-corrected chi connectivity index (χ1v) is 7.78. The molecule has 0 aliphatic heterocycles. The van der Waals surface area contributed by atoms with Crippen LogP contribution < -0.4 is 4.18 Å². The van der Waals surface area contributed by atoms with Crippen LogP contribution in [0.2, 0.25) is 0 Å². The Hall–Kier alpha value is -2.29. The highest BCUT2D eigenvalue weighted by molar-refractivity contribution is 7.88. The SMILES string of the molecule is CCOC(=O)c1ccc2ccccc2c1OS(=O)(=O)C(F)(F)F. The van der Waals surface area contributed by atoms with E-state index in [0.29, 0.717) is 5.39 Å². The van der Waals surface area contributed by atoms with Crippen LogP contribution in [-0.2, 0) is 14.9 Å². The van der Waals surface area contributed by atoms with Crippen molar-refractivity contribution in [3.63, 3.8) is 0 Å². The number of fused-ring (bicyclic) bond motifs is 1. The van der Waals surface area contributed by atoms with Crippen LogP contribution in [0.3, 0.4) is 0 Å². The van der Waals surface area contributed by atoms with Crippen LogP contribution in [0.25, 0.3) is 10.8 Å². The van der Waals surface area contributed by atoms with E-state index in [4.69, 9.17) is 4.74 Å². The van der Waals surface area contributed by atoms with Gasteiger partial charge in [0.15, 0.2) is 5.75 Å². The lowest BCUT2D eigenvalue weighted by Crippen LogP contribution is -2.28. The van der Waals surface area contributed by atoms with E-state index in [2.05, 4.69) is 4.18 Å². The third-order valence-corrected chi connectivity index (χ3v) is 3.80. The summed E-state index contributed by atoms with van der Waals surface area (Å²) in [5.74, 6) is -1.69. The zero-order valence-electron chi connectivity index (χ0n) is 11.8. The van der Waals surface area contributed by atoms with Crippen LogP contribution in [0.1, 0.15) is 17.3 Å². The molecule has 0 aliphatic carbocycles. The van der Waals surface area contributed by atoms with Crippen LogP contribution in [0, 0.1) is 0 Å². The standard InChI is InChI=1S/C14H11F3O5S/c1-2-21-13(18)11-8-7-9-5-3-4-6-10(9)12(11)22-23(19,20)14(15,16)17/h3-8H,2H2,1H3. The third kappa shape index (κ3) is 3.39. The Kier molecular flexibility index (Phi) is 4.51. The number of esters is 1. The van der Waals surface area contributed by atoms with Gasteiger partial charge in [0, 0.05) is 5.39 Å². The van der Waals surface area contributed by atoms with E-state index in [9.17, 15) is 26.4 Å². The Morgan fingerprint density at radius 1 is 1.13 bits per heavy atom.